The first-order chi connectivity index (χ1) is 10.0. The number of nitrogens with two attached hydrogens (primary N) is 2. The zero-order valence-corrected chi connectivity index (χ0v) is 12.4. The van der Waals surface area contributed by atoms with Gasteiger partial charge in [0.05, 0.1) is 28.5 Å². The van der Waals surface area contributed by atoms with Crippen LogP contribution >= 0.6 is 11.6 Å². The molecule has 0 aliphatic heterocycles. The van der Waals surface area contributed by atoms with Gasteiger partial charge in [-0.3, -0.25) is 9.78 Å². The van der Waals surface area contributed by atoms with Crippen LogP contribution in [0.1, 0.15) is 28.5 Å². The molecule has 1 heterocycles. The fourth-order valence-electron chi connectivity index (χ4n) is 2.13. The molecule has 0 unspecified atom stereocenters. The van der Waals surface area contributed by atoms with Crippen molar-refractivity contribution in [2.24, 2.45) is 5.73 Å². The lowest BCUT2D eigenvalue weighted by molar-refractivity contribution is 0.100. The highest BCUT2D eigenvalue weighted by molar-refractivity contribution is 6.34. The summed E-state index contributed by atoms with van der Waals surface area (Å²) < 4.78 is 0. The normalized spacial score (nSPS) is 10.4. The first kappa shape index (κ1) is 15.1. The number of anilines is 2. The van der Waals surface area contributed by atoms with E-state index in [1.165, 1.54) is 6.07 Å². The molecule has 110 valence electrons. The fourth-order valence-corrected chi connectivity index (χ4v) is 2.42. The topological polar surface area (TPSA) is 94.0 Å². The fraction of sp³-hybridized carbons (Fsp3) is 0.200. The van der Waals surface area contributed by atoms with Crippen molar-refractivity contribution in [1.29, 1.82) is 0 Å². The largest absolute Gasteiger partial charge is 0.399 e. The van der Waals surface area contributed by atoms with Crippen molar-refractivity contribution in [3.8, 4) is 0 Å². The summed E-state index contributed by atoms with van der Waals surface area (Å²) in [5.41, 5.74) is 14.2. The lowest BCUT2D eigenvalue weighted by Crippen LogP contribution is -2.16. The second-order valence-electron chi connectivity index (χ2n) is 4.61. The Morgan fingerprint density at radius 1 is 1.43 bits per heavy atom. The summed E-state index contributed by atoms with van der Waals surface area (Å²) in [6, 6.07) is 7.00. The van der Waals surface area contributed by atoms with E-state index < -0.39 is 5.91 Å². The molecular weight excluding hydrogens is 288 g/mol. The lowest BCUT2D eigenvalue weighted by Gasteiger charge is -2.14. The number of aromatic nitrogens is 1. The summed E-state index contributed by atoms with van der Waals surface area (Å²) in [4.78, 5) is 15.9. The molecule has 2 rings (SSSR count). The zero-order valence-electron chi connectivity index (χ0n) is 11.7. The predicted octanol–water partition coefficient (Wildman–Crippen LogP) is 2.59. The first-order valence-corrected chi connectivity index (χ1v) is 6.96. The van der Waals surface area contributed by atoms with Crippen LogP contribution in [0.15, 0.2) is 30.5 Å². The molecule has 0 fully saturated rings. The minimum atomic E-state index is -0.580. The van der Waals surface area contributed by atoms with Crippen molar-refractivity contribution >= 4 is 28.9 Å². The number of halogens is 1. The van der Waals surface area contributed by atoms with Crippen LogP contribution in [0.5, 0.6) is 0 Å². The summed E-state index contributed by atoms with van der Waals surface area (Å²) in [6.07, 6.45) is 2.61. The first-order valence-electron chi connectivity index (χ1n) is 6.58. The third-order valence-electron chi connectivity index (χ3n) is 3.18. The van der Waals surface area contributed by atoms with Gasteiger partial charge in [0.1, 0.15) is 0 Å². The van der Waals surface area contributed by atoms with Crippen molar-refractivity contribution in [2.45, 2.75) is 19.9 Å². The number of nitrogens with zero attached hydrogens (tertiary/aromatic N) is 1. The Balaban J connectivity index is 2.30. The molecule has 0 atom stereocenters. The summed E-state index contributed by atoms with van der Waals surface area (Å²) in [5, 5.41) is 3.49. The zero-order chi connectivity index (χ0) is 15.4. The van der Waals surface area contributed by atoms with Gasteiger partial charge >= 0.3 is 0 Å². The molecule has 0 saturated heterocycles. The van der Waals surface area contributed by atoms with E-state index in [4.69, 9.17) is 23.1 Å². The number of primary amides is 1. The number of nitrogen functional groups attached to an aromatic ring is 1. The van der Waals surface area contributed by atoms with E-state index in [-0.39, 0.29) is 5.56 Å². The van der Waals surface area contributed by atoms with E-state index in [1.54, 1.807) is 12.3 Å². The molecule has 2 aromatic rings. The number of rotatable bonds is 5. The van der Waals surface area contributed by atoms with E-state index in [9.17, 15) is 4.79 Å². The number of carbonyl (C=O) groups is 1. The maximum absolute atomic E-state index is 11.5. The number of carbonyl (C=O) groups excluding carboxylic acids is 1. The van der Waals surface area contributed by atoms with Crippen LogP contribution in [0.4, 0.5) is 11.4 Å². The molecule has 1 aromatic heterocycles. The molecule has 0 spiro atoms. The highest BCUT2D eigenvalue weighted by atomic mass is 35.5. The molecule has 0 aliphatic carbocycles. The molecule has 0 bridgehead atoms. The highest BCUT2D eigenvalue weighted by Crippen LogP contribution is 2.29. The smallest absolute Gasteiger partial charge is 0.250 e. The van der Waals surface area contributed by atoms with Crippen LogP contribution in [0, 0.1) is 0 Å². The van der Waals surface area contributed by atoms with Crippen LogP contribution in [0.3, 0.4) is 0 Å². The molecule has 1 amide bonds. The number of amides is 1. The third kappa shape index (κ3) is 3.44. The van der Waals surface area contributed by atoms with Gasteiger partial charge in [0.25, 0.3) is 5.91 Å². The number of hydrogen-bond donors (Lipinski definition) is 3. The minimum Gasteiger partial charge on any atom is -0.399 e. The Hall–Kier alpha value is -2.27. The van der Waals surface area contributed by atoms with Gasteiger partial charge in [0, 0.05) is 11.9 Å². The summed E-state index contributed by atoms with van der Waals surface area (Å²) in [6.45, 7) is 2.51. The van der Waals surface area contributed by atoms with Gasteiger partial charge in [-0.2, -0.15) is 0 Å². The SMILES string of the molecule is CCc1cccnc1CNc1c(Cl)cc(N)cc1C(N)=O. The van der Waals surface area contributed by atoms with Crippen LogP contribution in [-0.4, -0.2) is 10.9 Å². The average molecular weight is 305 g/mol. The van der Waals surface area contributed by atoms with Crippen LogP contribution < -0.4 is 16.8 Å². The van der Waals surface area contributed by atoms with E-state index in [2.05, 4.69) is 17.2 Å². The number of aryl methyl sites for hydroxylation is 1. The Bertz CT molecular complexity index is 673. The molecule has 5 N–H and O–H groups in total. The molecule has 0 aliphatic rings. The molecule has 0 saturated carbocycles. The van der Waals surface area contributed by atoms with Crippen molar-refractivity contribution in [3.05, 3.63) is 52.3 Å². The van der Waals surface area contributed by atoms with Gasteiger partial charge in [-0.1, -0.05) is 24.6 Å². The van der Waals surface area contributed by atoms with E-state index in [1.807, 2.05) is 12.1 Å². The van der Waals surface area contributed by atoms with Crippen LogP contribution in [0.2, 0.25) is 5.02 Å². The van der Waals surface area contributed by atoms with Crippen molar-refractivity contribution < 1.29 is 4.79 Å². The monoisotopic (exact) mass is 304 g/mol. The van der Waals surface area contributed by atoms with Gasteiger partial charge in [0.2, 0.25) is 0 Å². The molecule has 1 aromatic carbocycles. The van der Waals surface area contributed by atoms with Crippen molar-refractivity contribution in [1.82, 2.24) is 4.98 Å². The van der Waals surface area contributed by atoms with Gasteiger partial charge in [-0.05, 0) is 30.2 Å². The third-order valence-corrected chi connectivity index (χ3v) is 3.47. The van der Waals surface area contributed by atoms with Crippen molar-refractivity contribution in [2.75, 3.05) is 11.1 Å². The van der Waals surface area contributed by atoms with Gasteiger partial charge < -0.3 is 16.8 Å². The predicted molar refractivity (Wildman–Crippen MR) is 85.3 cm³/mol. The van der Waals surface area contributed by atoms with Crippen molar-refractivity contribution in [3.63, 3.8) is 0 Å². The second kappa shape index (κ2) is 6.45. The van der Waals surface area contributed by atoms with Crippen LogP contribution in [0.25, 0.3) is 0 Å². The van der Waals surface area contributed by atoms with Crippen LogP contribution in [-0.2, 0) is 13.0 Å². The highest BCUT2D eigenvalue weighted by Gasteiger charge is 2.14. The standard InChI is InChI=1S/C15H17ClN4O/c1-2-9-4-3-5-19-13(9)8-20-14-11(15(18)21)6-10(17)7-12(14)16/h3-7,20H,2,8,17H2,1H3,(H2,18,21). The quantitative estimate of drug-likeness (QED) is 0.740. The number of benzene rings is 1. The maximum atomic E-state index is 11.5. The van der Waals surface area contributed by atoms with Gasteiger partial charge in [-0.15, -0.1) is 0 Å². The summed E-state index contributed by atoms with van der Waals surface area (Å²) in [5.74, 6) is -0.580. The average Bonchev–Trinajstić information content (AvgIpc) is 2.45. The van der Waals surface area contributed by atoms with E-state index in [0.717, 1.165) is 17.7 Å². The maximum Gasteiger partial charge on any atom is 0.250 e. The Labute approximate surface area is 128 Å². The van der Waals surface area contributed by atoms with Gasteiger partial charge in [0.15, 0.2) is 0 Å². The number of hydrogen-bond acceptors (Lipinski definition) is 4. The van der Waals surface area contributed by atoms with E-state index >= 15 is 0 Å². The second-order valence-corrected chi connectivity index (χ2v) is 5.01. The molecule has 21 heavy (non-hydrogen) atoms. The summed E-state index contributed by atoms with van der Waals surface area (Å²) in [7, 11) is 0. The molecule has 5 nitrogen and oxygen atoms in total. The number of nitrogens with one attached hydrogen (secondary N) is 1. The molecule has 6 heteroatoms. The Morgan fingerprint density at radius 3 is 2.86 bits per heavy atom. The minimum absolute atomic E-state index is 0.272. The molecule has 0 radical (unpaired) electrons. The molecular formula is C15H17ClN4O. The Morgan fingerprint density at radius 2 is 2.19 bits per heavy atom. The Kier molecular flexibility index (Phi) is 4.65. The van der Waals surface area contributed by atoms with Gasteiger partial charge in [-0.25, -0.2) is 0 Å². The van der Waals surface area contributed by atoms with E-state index in [0.29, 0.717) is 22.9 Å². The lowest BCUT2D eigenvalue weighted by atomic mass is 10.1. The number of pyridine rings is 1. The summed E-state index contributed by atoms with van der Waals surface area (Å²) >= 11 is 6.15.